The van der Waals surface area contributed by atoms with Gasteiger partial charge in [-0.15, -0.1) is 0 Å². The first kappa shape index (κ1) is 15.0. The summed E-state index contributed by atoms with van der Waals surface area (Å²) in [6.07, 6.45) is 8.39. The van der Waals surface area contributed by atoms with Gasteiger partial charge in [-0.1, -0.05) is 25.3 Å². The van der Waals surface area contributed by atoms with Crippen LogP contribution in [0.15, 0.2) is 18.3 Å². The van der Waals surface area contributed by atoms with Gasteiger partial charge in [0, 0.05) is 6.20 Å². The molecule has 0 amide bonds. The number of pyridine rings is 1. The molecule has 0 N–H and O–H groups in total. The van der Waals surface area contributed by atoms with Gasteiger partial charge in [0.2, 0.25) is 0 Å². The van der Waals surface area contributed by atoms with Gasteiger partial charge in [0.15, 0.2) is 0 Å². The van der Waals surface area contributed by atoms with Crippen LogP contribution in [0.1, 0.15) is 71.3 Å². The molecule has 2 aliphatic rings. The molecule has 1 aromatic rings. The Morgan fingerprint density at radius 2 is 1.67 bits per heavy atom. The average Bonchev–Trinajstić information content (AvgIpc) is 2.68. The fourth-order valence-electron chi connectivity index (χ4n) is 3.34. The number of hydrogen-bond donors (Lipinski definition) is 0. The molecule has 114 valence electrons. The van der Waals surface area contributed by atoms with Crippen molar-refractivity contribution in [2.75, 3.05) is 0 Å². The Labute approximate surface area is 128 Å². The molecule has 1 aromatic heterocycles. The minimum absolute atomic E-state index is 0.307. The van der Waals surface area contributed by atoms with E-state index in [0.717, 1.165) is 5.59 Å². The molecule has 0 atom stereocenters. The molecule has 2 heterocycles. The van der Waals surface area contributed by atoms with E-state index in [4.69, 9.17) is 9.31 Å². The molecular weight excluding hydrogens is 261 g/mol. The lowest BCUT2D eigenvalue weighted by Gasteiger charge is -2.32. The zero-order chi connectivity index (χ0) is 15.1. The second-order valence-electron chi connectivity index (χ2n) is 7.40. The quantitative estimate of drug-likeness (QED) is 0.781. The average molecular weight is 287 g/mol. The molecule has 1 aliphatic carbocycles. The van der Waals surface area contributed by atoms with Gasteiger partial charge in [-0.2, -0.15) is 0 Å². The third kappa shape index (κ3) is 2.76. The van der Waals surface area contributed by atoms with Gasteiger partial charge in [-0.3, -0.25) is 4.98 Å². The van der Waals surface area contributed by atoms with E-state index >= 15 is 0 Å². The van der Waals surface area contributed by atoms with E-state index in [0.29, 0.717) is 5.92 Å². The fourth-order valence-corrected chi connectivity index (χ4v) is 3.34. The number of rotatable bonds is 2. The highest BCUT2D eigenvalue weighted by Crippen LogP contribution is 2.38. The molecule has 1 saturated heterocycles. The monoisotopic (exact) mass is 287 g/mol. The van der Waals surface area contributed by atoms with Crippen LogP contribution in [0.25, 0.3) is 0 Å². The molecule has 2 fully saturated rings. The van der Waals surface area contributed by atoms with Gasteiger partial charge >= 0.3 is 7.12 Å². The minimum Gasteiger partial charge on any atom is -0.398 e. The van der Waals surface area contributed by atoms with Crippen molar-refractivity contribution in [2.24, 2.45) is 0 Å². The van der Waals surface area contributed by atoms with Crippen LogP contribution >= 0.6 is 0 Å². The van der Waals surface area contributed by atoms with E-state index in [9.17, 15) is 0 Å². The zero-order valence-electron chi connectivity index (χ0n) is 13.7. The Kier molecular flexibility index (Phi) is 3.87. The molecule has 3 nitrogen and oxygen atoms in total. The highest BCUT2D eigenvalue weighted by Gasteiger charge is 2.53. The SMILES string of the molecule is CC1(C)OB(c2ncccc2C2CCCCC2)OC1(C)C. The van der Waals surface area contributed by atoms with E-state index in [1.54, 1.807) is 0 Å². The van der Waals surface area contributed by atoms with E-state index in [1.807, 2.05) is 12.3 Å². The van der Waals surface area contributed by atoms with Crippen molar-refractivity contribution in [3.05, 3.63) is 23.9 Å². The normalized spacial score (nSPS) is 25.2. The van der Waals surface area contributed by atoms with Crippen LogP contribution in [0, 0.1) is 0 Å². The second kappa shape index (κ2) is 5.40. The molecule has 0 aromatic carbocycles. The van der Waals surface area contributed by atoms with Crippen LogP contribution in [-0.2, 0) is 9.31 Å². The van der Waals surface area contributed by atoms with Gasteiger partial charge in [0.25, 0.3) is 0 Å². The Morgan fingerprint density at radius 3 is 2.29 bits per heavy atom. The molecule has 0 unspecified atom stereocenters. The van der Waals surface area contributed by atoms with Crippen LogP contribution in [0.2, 0.25) is 0 Å². The van der Waals surface area contributed by atoms with Crippen LogP contribution < -0.4 is 5.59 Å². The summed E-state index contributed by atoms with van der Waals surface area (Å²) in [5.41, 5.74) is 1.71. The van der Waals surface area contributed by atoms with Crippen molar-refractivity contribution < 1.29 is 9.31 Å². The summed E-state index contributed by atoms with van der Waals surface area (Å²) in [7, 11) is -0.340. The highest BCUT2D eigenvalue weighted by molar-refractivity contribution is 6.61. The first-order valence-electron chi connectivity index (χ1n) is 8.21. The van der Waals surface area contributed by atoms with Gasteiger partial charge in [-0.25, -0.2) is 0 Å². The predicted octanol–water partition coefficient (Wildman–Crippen LogP) is 3.43. The van der Waals surface area contributed by atoms with Gasteiger partial charge < -0.3 is 9.31 Å². The summed E-state index contributed by atoms with van der Waals surface area (Å²) in [5.74, 6) is 0.612. The maximum absolute atomic E-state index is 6.20. The third-order valence-electron chi connectivity index (χ3n) is 5.39. The highest BCUT2D eigenvalue weighted by atomic mass is 16.7. The molecule has 21 heavy (non-hydrogen) atoms. The van der Waals surface area contributed by atoms with Crippen molar-refractivity contribution in [1.82, 2.24) is 4.98 Å². The Morgan fingerprint density at radius 1 is 1.05 bits per heavy atom. The summed E-state index contributed by atoms with van der Waals surface area (Å²) in [5, 5.41) is 0. The number of nitrogens with zero attached hydrogens (tertiary/aromatic N) is 1. The van der Waals surface area contributed by atoms with Crippen molar-refractivity contribution in [2.45, 2.75) is 76.9 Å². The second-order valence-corrected chi connectivity index (χ2v) is 7.40. The van der Waals surface area contributed by atoms with E-state index in [-0.39, 0.29) is 18.3 Å². The Bertz CT molecular complexity index is 493. The summed E-state index contributed by atoms with van der Waals surface area (Å²) < 4.78 is 12.4. The van der Waals surface area contributed by atoms with Crippen LogP contribution in [0.3, 0.4) is 0 Å². The Balaban J connectivity index is 1.89. The number of aromatic nitrogens is 1. The molecule has 3 rings (SSSR count). The molecule has 1 saturated carbocycles. The van der Waals surface area contributed by atoms with Crippen molar-refractivity contribution in [1.29, 1.82) is 0 Å². The largest absolute Gasteiger partial charge is 0.514 e. The molecule has 4 heteroatoms. The minimum atomic E-state index is -0.340. The third-order valence-corrected chi connectivity index (χ3v) is 5.39. The molecular formula is C17H26BNO2. The standard InChI is InChI=1S/C17H26BNO2/c1-16(2)17(3,4)21-18(20-16)15-14(11-8-12-19-15)13-9-6-5-7-10-13/h8,11-13H,5-7,9-10H2,1-4H3. The number of hydrogen-bond acceptors (Lipinski definition) is 3. The lowest BCUT2D eigenvalue weighted by Crippen LogP contribution is -2.41. The smallest absolute Gasteiger partial charge is 0.398 e. The van der Waals surface area contributed by atoms with Crippen LogP contribution in [-0.4, -0.2) is 23.3 Å². The summed E-state index contributed by atoms with van der Waals surface area (Å²) in [4.78, 5) is 4.62. The van der Waals surface area contributed by atoms with Gasteiger partial charge in [0.1, 0.15) is 0 Å². The maximum Gasteiger partial charge on any atom is 0.514 e. The van der Waals surface area contributed by atoms with Gasteiger partial charge in [0.05, 0.1) is 16.8 Å². The predicted molar refractivity (Wildman–Crippen MR) is 85.8 cm³/mol. The summed E-state index contributed by atoms with van der Waals surface area (Å²) in [6.45, 7) is 8.37. The molecule has 0 radical (unpaired) electrons. The first-order chi connectivity index (χ1) is 9.91. The molecule has 0 bridgehead atoms. The topological polar surface area (TPSA) is 31.4 Å². The Hall–Kier alpha value is -0.865. The fraction of sp³-hybridized carbons (Fsp3) is 0.706. The molecule has 1 aliphatic heterocycles. The van der Waals surface area contributed by atoms with Crippen LogP contribution in [0.4, 0.5) is 0 Å². The summed E-state index contributed by atoms with van der Waals surface area (Å²) >= 11 is 0. The van der Waals surface area contributed by atoms with Crippen molar-refractivity contribution >= 4 is 12.7 Å². The van der Waals surface area contributed by atoms with E-state index < -0.39 is 0 Å². The first-order valence-corrected chi connectivity index (χ1v) is 8.21. The van der Waals surface area contributed by atoms with E-state index in [1.165, 1.54) is 37.7 Å². The molecule has 0 spiro atoms. The lowest BCUT2D eigenvalue weighted by molar-refractivity contribution is 0.00578. The van der Waals surface area contributed by atoms with E-state index in [2.05, 4.69) is 38.7 Å². The lowest BCUT2D eigenvalue weighted by atomic mass is 9.74. The van der Waals surface area contributed by atoms with Crippen molar-refractivity contribution in [3.8, 4) is 0 Å². The maximum atomic E-state index is 6.20. The van der Waals surface area contributed by atoms with Crippen molar-refractivity contribution in [3.63, 3.8) is 0 Å². The van der Waals surface area contributed by atoms with Crippen LogP contribution in [0.5, 0.6) is 0 Å². The zero-order valence-corrected chi connectivity index (χ0v) is 13.7. The summed E-state index contributed by atoms with van der Waals surface area (Å²) in [6, 6.07) is 4.25. The van der Waals surface area contributed by atoms with Gasteiger partial charge in [-0.05, 0) is 58.1 Å².